The number of amides is 1. The monoisotopic (exact) mass is 312 g/mol. The van der Waals surface area contributed by atoms with Crippen molar-refractivity contribution in [3.8, 4) is 0 Å². The van der Waals surface area contributed by atoms with Gasteiger partial charge in [-0.05, 0) is 37.5 Å². The van der Waals surface area contributed by atoms with Crippen molar-refractivity contribution < 1.29 is 4.79 Å². The number of carbonyl (C=O) groups is 1. The largest absolute Gasteiger partial charge is 0.345 e. The predicted molar refractivity (Wildman–Crippen MR) is 95.2 cm³/mol. The van der Waals surface area contributed by atoms with E-state index in [1.807, 2.05) is 11.0 Å². The Morgan fingerprint density at radius 1 is 1.13 bits per heavy atom. The van der Waals surface area contributed by atoms with Gasteiger partial charge < -0.3 is 9.47 Å². The van der Waals surface area contributed by atoms with Crippen molar-refractivity contribution in [3.05, 3.63) is 59.9 Å². The quantitative estimate of drug-likeness (QED) is 0.706. The zero-order chi connectivity index (χ0) is 16.7. The molecule has 2 aromatic rings. The maximum atomic E-state index is 12.5. The molecule has 0 bridgehead atoms. The first-order valence-electron chi connectivity index (χ1n) is 8.63. The third-order valence-electron chi connectivity index (χ3n) is 4.36. The Labute approximate surface area is 139 Å². The van der Waals surface area contributed by atoms with E-state index in [0.717, 1.165) is 19.4 Å². The van der Waals surface area contributed by atoms with Crippen LogP contribution in [0.2, 0.25) is 0 Å². The Balaban J connectivity index is 2.14. The zero-order valence-electron chi connectivity index (χ0n) is 14.5. The summed E-state index contributed by atoms with van der Waals surface area (Å²) in [5.41, 5.74) is 2.47. The second-order valence-electron chi connectivity index (χ2n) is 6.14. The number of hydrogen-bond acceptors (Lipinski definition) is 1. The van der Waals surface area contributed by atoms with E-state index in [-0.39, 0.29) is 11.9 Å². The van der Waals surface area contributed by atoms with Crippen LogP contribution < -0.4 is 0 Å². The molecule has 23 heavy (non-hydrogen) atoms. The van der Waals surface area contributed by atoms with Gasteiger partial charge in [-0.25, -0.2) is 0 Å². The fraction of sp³-hybridized carbons (Fsp3) is 0.450. The summed E-state index contributed by atoms with van der Waals surface area (Å²) in [7, 11) is 0. The van der Waals surface area contributed by atoms with Crippen LogP contribution in [0.15, 0.2) is 48.7 Å². The molecule has 0 radical (unpaired) electrons. The van der Waals surface area contributed by atoms with Crippen LogP contribution in [0.3, 0.4) is 0 Å². The molecule has 124 valence electrons. The Morgan fingerprint density at radius 3 is 2.52 bits per heavy atom. The van der Waals surface area contributed by atoms with Gasteiger partial charge in [-0.3, -0.25) is 4.79 Å². The van der Waals surface area contributed by atoms with E-state index in [4.69, 9.17) is 0 Å². The maximum absolute atomic E-state index is 12.5. The topological polar surface area (TPSA) is 25.2 Å². The van der Waals surface area contributed by atoms with Crippen LogP contribution in [0.1, 0.15) is 51.3 Å². The molecular weight excluding hydrogens is 284 g/mol. The standard InChI is InChI=1S/C20H28N2O/c1-4-10-20(23)22(17(3)5-2)16-19-13-9-14-21(19)15-18-11-7-6-8-12-18/h6-9,11-14,17H,4-5,10,15-16H2,1-3H3. The Kier molecular flexibility index (Phi) is 6.45. The molecule has 2 rings (SSSR count). The third-order valence-corrected chi connectivity index (χ3v) is 4.36. The molecule has 1 heterocycles. The van der Waals surface area contributed by atoms with Crippen molar-refractivity contribution in [2.45, 2.75) is 59.2 Å². The average molecular weight is 312 g/mol. The van der Waals surface area contributed by atoms with Crippen molar-refractivity contribution >= 4 is 5.91 Å². The molecule has 0 saturated carbocycles. The zero-order valence-corrected chi connectivity index (χ0v) is 14.5. The highest BCUT2D eigenvalue weighted by Gasteiger charge is 2.19. The SMILES string of the molecule is CCCC(=O)N(Cc1cccn1Cc1ccccc1)C(C)CC. The lowest BCUT2D eigenvalue weighted by atomic mass is 10.1. The maximum Gasteiger partial charge on any atom is 0.223 e. The van der Waals surface area contributed by atoms with Crippen LogP contribution in [0.5, 0.6) is 0 Å². The van der Waals surface area contributed by atoms with Crippen molar-refractivity contribution in [1.82, 2.24) is 9.47 Å². The Morgan fingerprint density at radius 2 is 1.87 bits per heavy atom. The van der Waals surface area contributed by atoms with Crippen LogP contribution in [-0.2, 0) is 17.9 Å². The van der Waals surface area contributed by atoms with Crippen LogP contribution in [-0.4, -0.2) is 21.4 Å². The molecule has 0 aliphatic rings. The fourth-order valence-electron chi connectivity index (χ4n) is 2.77. The molecule has 0 aliphatic carbocycles. The van der Waals surface area contributed by atoms with Gasteiger partial charge in [-0.1, -0.05) is 44.2 Å². The number of aromatic nitrogens is 1. The highest BCUT2D eigenvalue weighted by Crippen LogP contribution is 2.15. The van der Waals surface area contributed by atoms with Crippen molar-refractivity contribution in [3.63, 3.8) is 0 Å². The van der Waals surface area contributed by atoms with Gasteiger partial charge in [-0.2, -0.15) is 0 Å². The first kappa shape index (κ1) is 17.3. The lowest BCUT2D eigenvalue weighted by Crippen LogP contribution is -2.38. The number of hydrogen-bond donors (Lipinski definition) is 0. The normalized spacial score (nSPS) is 12.1. The van der Waals surface area contributed by atoms with Gasteiger partial charge >= 0.3 is 0 Å². The van der Waals surface area contributed by atoms with Gasteiger partial charge in [-0.15, -0.1) is 0 Å². The second kappa shape index (κ2) is 8.56. The van der Waals surface area contributed by atoms with E-state index < -0.39 is 0 Å². The predicted octanol–water partition coefficient (Wildman–Crippen LogP) is 4.46. The summed E-state index contributed by atoms with van der Waals surface area (Å²) in [5.74, 6) is 0.259. The van der Waals surface area contributed by atoms with Crippen LogP contribution in [0.25, 0.3) is 0 Å². The Bertz CT molecular complexity index is 603. The summed E-state index contributed by atoms with van der Waals surface area (Å²) in [4.78, 5) is 14.5. The Hall–Kier alpha value is -2.03. The number of benzene rings is 1. The summed E-state index contributed by atoms with van der Waals surface area (Å²) in [6, 6.07) is 14.9. The molecular formula is C20H28N2O. The smallest absolute Gasteiger partial charge is 0.223 e. The molecule has 1 atom stereocenters. The van der Waals surface area contributed by atoms with Gasteiger partial charge in [0, 0.05) is 30.9 Å². The summed E-state index contributed by atoms with van der Waals surface area (Å²) in [5, 5.41) is 0. The van der Waals surface area contributed by atoms with Gasteiger partial charge in [0.2, 0.25) is 5.91 Å². The molecule has 1 aromatic heterocycles. The lowest BCUT2D eigenvalue weighted by Gasteiger charge is -2.29. The molecule has 0 spiro atoms. The third kappa shape index (κ3) is 4.72. The van der Waals surface area contributed by atoms with E-state index in [1.54, 1.807) is 0 Å². The molecule has 0 saturated heterocycles. The van der Waals surface area contributed by atoms with E-state index in [1.165, 1.54) is 11.3 Å². The molecule has 1 aromatic carbocycles. The number of rotatable bonds is 8. The lowest BCUT2D eigenvalue weighted by molar-refractivity contribution is -0.134. The molecule has 0 aliphatic heterocycles. The summed E-state index contributed by atoms with van der Waals surface area (Å²) in [6.07, 6.45) is 4.61. The van der Waals surface area contributed by atoms with Crippen LogP contribution >= 0.6 is 0 Å². The summed E-state index contributed by atoms with van der Waals surface area (Å²) >= 11 is 0. The van der Waals surface area contributed by atoms with E-state index >= 15 is 0 Å². The molecule has 0 N–H and O–H groups in total. The van der Waals surface area contributed by atoms with Crippen molar-refractivity contribution in [2.24, 2.45) is 0 Å². The van der Waals surface area contributed by atoms with E-state index in [0.29, 0.717) is 13.0 Å². The van der Waals surface area contributed by atoms with Crippen LogP contribution in [0, 0.1) is 0 Å². The first-order valence-corrected chi connectivity index (χ1v) is 8.63. The summed E-state index contributed by atoms with van der Waals surface area (Å²) < 4.78 is 2.24. The minimum Gasteiger partial charge on any atom is -0.345 e. The molecule has 1 amide bonds. The van der Waals surface area contributed by atoms with Gasteiger partial charge in [0.05, 0.1) is 6.54 Å². The van der Waals surface area contributed by atoms with E-state index in [9.17, 15) is 4.79 Å². The van der Waals surface area contributed by atoms with Crippen LogP contribution in [0.4, 0.5) is 0 Å². The van der Waals surface area contributed by atoms with Gasteiger partial charge in [0.25, 0.3) is 0 Å². The molecule has 1 unspecified atom stereocenters. The first-order chi connectivity index (χ1) is 11.2. The minimum absolute atomic E-state index is 0.259. The summed E-state index contributed by atoms with van der Waals surface area (Å²) in [6.45, 7) is 7.87. The van der Waals surface area contributed by atoms with E-state index in [2.05, 4.69) is 67.9 Å². The van der Waals surface area contributed by atoms with Gasteiger partial charge in [0.15, 0.2) is 0 Å². The average Bonchev–Trinajstić information content (AvgIpc) is 3.00. The second-order valence-corrected chi connectivity index (χ2v) is 6.14. The van der Waals surface area contributed by atoms with Gasteiger partial charge in [0.1, 0.15) is 0 Å². The molecule has 3 nitrogen and oxygen atoms in total. The number of nitrogens with zero attached hydrogens (tertiary/aromatic N) is 2. The highest BCUT2D eigenvalue weighted by atomic mass is 16.2. The highest BCUT2D eigenvalue weighted by molar-refractivity contribution is 5.76. The van der Waals surface area contributed by atoms with Crippen molar-refractivity contribution in [1.29, 1.82) is 0 Å². The molecule has 0 fully saturated rings. The van der Waals surface area contributed by atoms with Crippen molar-refractivity contribution in [2.75, 3.05) is 0 Å². The number of carbonyl (C=O) groups excluding carboxylic acids is 1. The fourth-order valence-corrected chi connectivity index (χ4v) is 2.77. The minimum atomic E-state index is 0.259. The molecule has 3 heteroatoms.